The molecular formula is C12H18BrNO2S. The fourth-order valence-electron chi connectivity index (χ4n) is 2.30. The van der Waals surface area contributed by atoms with Crippen molar-refractivity contribution in [3.05, 3.63) is 20.8 Å². The third kappa shape index (κ3) is 3.79. The van der Waals surface area contributed by atoms with Gasteiger partial charge in [-0.25, -0.2) is 0 Å². The molecule has 0 saturated carbocycles. The molecule has 1 rings (SSSR count). The Morgan fingerprint density at radius 1 is 1.53 bits per heavy atom. The SMILES string of the molecule is CN(C)C(c1ccc(Br)s1)C(C)(C)CC(=O)O. The summed E-state index contributed by atoms with van der Waals surface area (Å²) in [5.74, 6) is -0.752. The first-order valence-electron chi connectivity index (χ1n) is 5.37. The molecule has 1 heterocycles. The molecule has 3 nitrogen and oxygen atoms in total. The highest BCUT2D eigenvalue weighted by Gasteiger charge is 2.35. The van der Waals surface area contributed by atoms with Crippen LogP contribution in [-0.4, -0.2) is 30.1 Å². The molecule has 0 aliphatic rings. The summed E-state index contributed by atoms with van der Waals surface area (Å²) in [6, 6.07) is 4.17. The van der Waals surface area contributed by atoms with Gasteiger partial charge in [0.1, 0.15) is 0 Å². The van der Waals surface area contributed by atoms with Crippen molar-refractivity contribution in [3.8, 4) is 0 Å². The zero-order chi connectivity index (χ0) is 13.2. The van der Waals surface area contributed by atoms with Crippen LogP contribution < -0.4 is 0 Å². The summed E-state index contributed by atoms with van der Waals surface area (Å²) in [6.07, 6.45) is 0.158. The van der Waals surface area contributed by atoms with Crippen LogP contribution in [0.3, 0.4) is 0 Å². The van der Waals surface area contributed by atoms with Gasteiger partial charge in [0.2, 0.25) is 0 Å². The van der Waals surface area contributed by atoms with Crippen LogP contribution in [-0.2, 0) is 4.79 Å². The normalized spacial score (nSPS) is 14.0. The number of hydrogen-bond donors (Lipinski definition) is 1. The van der Waals surface area contributed by atoms with Crippen molar-refractivity contribution in [1.82, 2.24) is 4.90 Å². The molecule has 1 aromatic rings. The Hall–Kier alpha value is -0.390. The van der Waals surface area contributed by atoms with Crippen molar-refractivity contribution in [2.75, 3.05) is 14.1 Å². The summed E-state index contributed by atoms with van der Waals surface area (Å²) in [4.78, 5) is 14.2. The second-order valence-electron chi connectivity index (χ2n) is 5.07. The van der Waals surface area contributed by atoms with Crippen molar-refractivity contribution < 1.29 is 9.90 Å². The summed E-state index contributed by atoms with van der Waals surface area (Å²) in [5, 5.41) is 9.01. The minimum atomic E-state index is -0.752. The maximum atomic E-state index is 11.0. The van der Waals surface area contributed by atoms with Gasteiger partial charge in [-0.05, 0) is 47.6 Å². The average Bonchev–Trinajstić information content (AvgIpc) is 2.47. The zero-order valence-electron chi connectivity index (χ0n) is 10.5. The van der Waals surface area contributed by atoms with Gasteiger partial charge in [0, 0.05) is 10.9 Å². The molecule has 0 aromatic carbocycles. The van der Waals surface area contributed by atoms with Gasteiger partial charge in [-0.1, -0.05) is 13.8 Å². The van der Waals surface area contributed by atoms with Gasteiger partial charge in [-0.2, -0.15) is 0 Å². The number of carbonyl (C=O) groups is 1. The van der Waals surface area contributed by atoms with Gasteiger partial charge < -0.3 is 10.0 Å². The van der Waals surface area contributed by atoms with Crippen LogP contribution in [0.4, 0.5) is 0 Å². The molecule has 1 aromatic heterocycles. The molecule has 0 saturated heterocycles. The highest BCUT2D eigenvalue weighted by molar-refractivity contribution is 9.11. The first-order chi connectivity index (χ1) is 7.74. The van der Waals surface area contributed by atoms with Gasteiger partial charge in [0.25, 0.3) is 0 Å². The number of rotatable bonds is 5. The number of hydrogen-bond acceptors (Lipinski definition) is 3. The van der Waals surface area contributed by atoms with Crippen LogP contribution in [0, 0.1) is 5.41 Å². The van der Waals surface area contributed by atoms with Crippen molar-refractivity contribution in [1.29, 1.82) is 0 Å². The largest absolute Gasteiger partial charge is 0.481 e. The molecule has 1 unspecified atom stereocenters. The molecule has 17 heavy (non-hydrogen) atoms. The molecule has 0 aliphatic heterocycles. The van der Waals surface area contributed by atoms with E-state index < -0.39 is 5.97 Å². The van der Waals surface area contributed by atoms with E-state index in [1.54, 1.807) is 11.3 Å². The Balaban J connectivity index is 3.05. The van der Waals surface area contributed by atoms with Crippen LogP contribution in [0.5, 0.6) is 0 Å². The first-order valence-corrected chi connectivity index (χ1v) is 6.98. The predicted octanol–water partition coefficient (Wildman–Crippen LogP) is 3.61. The lowest BCUT2D eigenvalue weighted by Crippen LogP contribution is -2.34. The Bertz CT molecular complexity index is 401. The lowest BCUT2D eigenvalue weighted by molar-refractivity contribution is -0.140. The number of aliphatic carboxylic acids is 1. The number of thiophene rings is 1. The average molecular weight is 320 g/mol. The van der Waals surface area contributed by atoms with Gasteiger partial charge in [-0.15, -0.1) is 11.3 Å². The van der Waals surface area contributed by atoms with Gasteiger partial charge in [0.05, 0.1) is 10.2 Å². The van der Waals surface area contributed by atoms with E-state index in [0.717, 1.165) is 3.79 Å². The van der Waals surface area contributed by atoms with Crippen molar-refractivity contribution in [2.24, 2.45) is 5.41 Å². The van der Waals surface area contributed by atoms with Crippen LogP contribution in [0.1, 0.15) is 31.2 Å². The monoisotopic (exact) mass is 319 g/mol. The molecule has 0 fully saturated rings. The molecule has 5 heteroatoms. The molecule has 0 amide bonds. The fraction of sp³-hybridized carbons (Fsp3) is 0.583. The highest BCUT2D eigenvalue weighted by Crippen LogP contribution is 2.43. The van der Waals surface area contributed by atoms with Gasteiger partial charge >= 0.3 is 5.97 Å². The molecular weight excluding hydrogens is 302 g/mol. The lowest BCUT2D eigenvalue weighted by atomic mass is 9.80. The van der Waals surface area contributed by atoms with E-state index in [4.69, 9.17) is 5.11 Å². The van der Waals surface area contributed by atoms with E-state index in [1.807, 2.05) is 34.0 Å². The lowest BCUT2D eigenvalue weighted by Gasteiger charge is -2.37. The van der Waals surface area contributed by atoms with E-state index >= 15 is 0 Å². The molecule has 96 valence electrons. The Morgan fingerprint density at radius 2 is 2.12 bits per heavy atom. The van der Waals surface area contributed by atoms with Crippen molar-refractivity contribution in [3.63, 3.8) is 0 Å². The second-order valence-corrected chi connectivity index (χ2v) is 7.56. The van der Waals surface area contributed by atoms with Crippen molar-refractivity contribution >= 4 is 33.2 Å². The number of nitrogens with zero attached hydrogens (tertiary/aromatic N) is 1. The van der Waals surface area contributed by atoms with Crippen LogP contribution in [0.2, 0.25) is 0 Å². The standard InChI is InChI=1S/C12H18BrNO2S/c1-12(2,7-10(15)16)11(14(3)4)8-5-6-9(13)17-8/h5-6,11H,7H2,1-4H3,(H,15,16). The maximum absolute atomic E-state index is 11.0. The smallest absolute Gasteiger partial charge is 0.303 e. The number of carboxylic acid groups (broad SMARTS) is 1. The summed E-state index contributed by atoms with van der Waals surface area (Å²) in [5.41, 5.74) is -0.306. The van der Waals surface area contributed by atoms with Crippen molar-refractivity contribution in [2.45, 2.75) is 26.3 Å². The summed E-state index contributed by atoms with van der Waals surface area (Å²) in [7, 11) is 3.98. The highest BCUT2D eigenvalue weighted by atomic mass is 79.9. The minimum Gasteiger partial charge on any atom is -0.481 e. The number of halogens is 1. The van der Waals surface area contributed by atoms with Crippen LogP contribution in [0.15, 0.2) is 15.9 Å². The van der Waals surface area contributed by atoms with E-state index in [1.165, 1.54) is 4.88 Å². The molecule has 1 N–H and O–H groups in total. The van der Waals surface area contributed by atoms with Gasteiger partial charge in [0.15, 0.2) is 0 Å². The Kier molecular flexibility index (Phi) is 4.75. The quantitative estimate of drug-likeness (QED) is 0.901. The van der Waals surface area contributed by atoms with Crippen LogP contribution in [0.25, 0.3) is 0 Å². The molecule has 0 radical (unpaired) electrons. The van der Waals surface area contributed by atoms with Gasteiger partial charge in [-0.3, -0.25) is 4.79 Å². The van der Waals surface area contributed by atoms with E-state index in [0.29, 0.717) is 0 Å². The molecule has 0 aliphatic carbocycles. The van der Waals surface area contributed by atoms with Crippen LogP contribution >= 0.6 is 27.3 Å². The second kappa shape index (κ2) is 5.50. The zero-order valence-corrected chi connectivity index (χ0v) is 12.9. The summed E-state index contributed by atoms with van der Waals surface area (Å²) in [6.45, 7) is 4.00. The third-order valence-corrected chi connectivity index (χ3v) is 4.40. The third-order valence-electron chi connectivity index (χ3n) is 2.73. The Morgan fingerprint density at radius 3 is 2.47 bits per heavy atom. The molecule has 0 spiro atoms. The molecule has 1 atom stereocenters. The number of carboxylic acids is 1. The van der Waals surface area contributed by atoms with E-state index in [2.05, 4.69) is 26.9 Å². The summed E-state index contributed by atoms with van der Waals surface area (Å²) < 4.78 is 1.07. The summed E-state index contributed by atoms with van der Waals surface area (Å²) >= 11 is 5.11. The Labute approximate surface area is 115 Å². The van der Waals surface area contributed by atoms with E-state index in [-0.39, 0.29) is 17.9 Å². The minimum absolute atomic E-state index is 0.106. The molecule has 0 bridgehead atoms. The predicted molar refractivity (Wildman–Crippen MR) is 74.5 cm³/mol. The fourth-order valence-corrected chi connectivity index (χ4v) is 4.13. The first kappa shape index (κ1) is 14.7. The topological polar surface area (TPSA) is 40.5 Å². The van der Waals surface area contributed by atoms with E-state index in [9.17, 15) is 4.79 Å². The maximum Gasteiger partial charge on any atom is 0.303 e.